The van der Waals surface area contributed by atoms with Crippen LogP contribution in [0.3, 0.4) is 0 Å². The standard InChI is InChI=1S/C16H10Cl2FNO/c1-21-16-5-3-12(17)7-10(16)6-11(9-20)14-4-2-13(18)8-15(14)19/h2-8H,1H3. The van der Waals surface area contributed by atoms with Gasteiger partial charge in [0.25, 0.3) is 0 Å². The third kappa shape index (κ3) is 3.55. The summed E-state index contributed by atoms with van der Waals surface area (Å²) >= 11 is 11.7. The molecule has 0 heterocycles. The van der Waals surface area contributed by atoms with Gasteiger partial charge in [0.15, 0.2) is 0 Å². The van der Waals surface area contributed by atoms with Gasteiger partial charge in [-0.2, -0.15) is 5.26 Å². The van der Waals surface area contributed by atoms with Gasteiger partial charge < -0.3 is 4.74 Å². The molecular formula is C16H10Cl2FNO. The van der Waals surface area contributed by atoms with E-state index in [0.717, 1.165) is 6.07 Å². The minimum absolute atomic E-state index is 0.157. The largest absolute Gasteiger partial charge is 0.496 e. The van der Waals surface area contributed by atoms with Gasteiger partial charge in [-0.25, -0.2) is 4.39 Å². The molecule has 0 radical (unpaired) electrons. The van der Waals surface area contributed by atoms with Gasteiger partial charge in [-0.15, -0.1) is 0 Å². The average molecular weight is 322 g/mol. The number of allylic oxidation sites excluding steroid dienone is 1. The molecule has 0 unspecified atom stereocenters. The van der Waals surface area contributed by atoms with Crippen molar-refractivity contribution in [2.45, 2.75) is 0 Å². The summed E-state index contributed by atoms with van der Waals surface area (Å²) in [7, 11) is 1.51. The van der Waals surface area contributed by atoms with E-state index >= 15 is 0 Å². The van der Waals surface area contributed by atoms with E-state index in [1.54, 1.807) is 18.2 Å². The van der Waals surface area contributed by atoms with Crippen molar-refractivity contribution < 1.29 is 9.13 Å². The number of rotatable bonds is 3. The first-order valence-electron chi connectivity index (χ1n) is 5.96. The molecule has 2 aromatic rings. The van der Waals surface area contributed by atoms with Crippen molar-refractivity contribution >= 4 is 34.9 Å². The Morgan fingerprint density at radius 3 is 2.48 bits per heavy atom. The molecule has 2 aromatic carbocycles. The monoisotopic (exact) mass is 321 g/mol. The maximum Gasteiger partial charge on any atom is 0.133 e. The summed E-state index contributed by atoms with van der Waals surface area (Å²) < 4.78 is 19.1. The van der Waals surface area contributed by atoms with Gasteiger partial charge in [-0.3, -0.25) is 0 Å². The molecule has 106 valence electrons. The first-order chi connectivity index (χ1) is 10.0. The lowest BCUT2D eigenvalue weighted by atomic mass is 10.0. The molecule has 0 aliphatic carbocycles. The second-order valence-electron chi connectivity index (χ2n) is 4.18. The molecule has 21 heavy (non-hydrogen) atoms. The van der Waals surface area contributed by atoms with E-state index in [1.165, 1.54) is 25.3 Å². The minimum atomic E-state index is -0.559. The second-order valence-corrected chi connectivity index (χ2v) is 5.05. The van der Waals surface area contributed by atoms with Crippen LogP contribution in [-0.2, 0) is 0 Å². The number of halogens is 3. The van der Waals surface area contributed by atoms with Crippen LogP contribution in [0.1, 0.15) is 11.1 Å². The highest BCUT2D eigenvalue weighted by atomic mass is 35.5. The van der Waals surface area contributed by atoms with Crippen LogP contribution in [0.15, 0.2) is 36.4 Å². The quantitative estimate of drug-likeness (QED) is 0.574. The Morgan fingerprint density at radius 2 is 1.86 bits per heavy atom. The zero-order chi connectivity index (χ0) is 15.4. The molecule has 0 aliphatic rings. The number of hydrogen-bond acceptors (Lipinski definition) is 2. The summed E-state index contributed by atoms with van der Waals surface area (Å²) in [6, 6.07) is 11.1. The van der Waals surface area contributed by atoms with Crippen molar-refractivity contribution in [3.8, 4) is 11.8 Å². The summed E-state index contributed by atoms with van der Waals surface area (Å²) in [4.78, 5) is 0. The van der Waals surface area contributed by atoms with Crippen LogP contribution in [0.25, 0.3) is 11.6 Å². The number of ether oxygens (including phenoxy) is 1. The number of nitrogens with zero attached hydrogens (tertiary/aromatic N) is 1. The van der Waals surface area contributed by atoms with Crippen molar-refractivity contribution in [3.05, 3.63) is 63.4 Å². The molecule has 5 heteroatoms. The third-order valence-electron chi connectivity index (χ3n) is 2.83. The third-order valence-corrected chi connectivity index (χ3v) is 3.30. The summed E-state index contributed by atoms with van der Waals surface area (Å²) in [6.45, 7) is 0. The van der Waals surface area contributed by atoms with Gasteiger partial charge in [0.1, 0.15) is 11.6 Å². The SMILES string of the molecule is COc1ccc(Cl)cc1C=C(C#N)c1ccc(Cl)cc1F. The molecular weight excluding hydrogens is 312 g/mol. The predicted molar refractivity (Wildman–Crippen MR) is 82.9 cm³/mol. The molecule has 0 aromatic heterocycles. The van der Waals surface area contributed by atoms with Gasteiger partial charge in [0, 0.05) is 21.2 Å². The molecule has 0 saturated carbocycles. The smallest absolute Gasteiger partial charge is 0.133 e. The van der Waals surface area contributed by atoms with Crippen LogP contribution >= 0.6 is 23.2 Å². The van der Waals surface area contributed by atoms with Crippen molar-refractivity contribution in [1.29, 1.82) is 5.26 Å². The lowest BCUT2D eigenvalue weighted by molar-refractivity contribution is 0.414. The lowest BCUT2D eigenvalue weighted by Gasteiger charge is -2.07. The topological polar surface area (TPSA) is 33.0 Å². The normalized spacial score (nSPS) is 11.1. The van der Waals surface area contributed by atoms with Crippen LogP contribution in [0.4, 0.5) is 4.39 Å². The first-order valence-corrected chi connectivity index (χ1v) is 6.71. The van der Waals surface area contributed by atoms with E-state index in [4.69, 9.17) is 27.9 Å². The van der Waals surface area contributed by atoms with Gasteiger partial charge in [-0.1, -0.05) is 23.2 Å². The fourth-order valence-electron chi connectivity index (χ4n) is 1.85. The van der Waals surface area contributed by atoms with Gasteiger partial charge >= 0.3 is 0 Å². The molecule has 0 amide bonds. The van der Waals surface area contributed by atoms with Crippen molar-refractivity contribution in [1.82, 2.24) is 0 Å². The van der Waals surface area contributed by atoms with E-state index < -0.39 is 5.82 Å². The Labute approximate surface area is 132 Å². The first kappa shape index (κ1) is 15.4. The fourth-order valence-corrected chi connectivity index (χ4v) is 2.19. The highest BCUT2D eigenvalue weighted by molar-refractivity contribution is 6.31. The highest BCUT2D eigenvalue weighted by Crippen LogP contribution is 2.29. The zero-order valence-corrected chi connectivity index (χ0v) is 12.5. The molecule has 2 rings (SSSR count). The van der Waals surface area contributed by atoms with Crippen LogP contribution in [0.2, 0.25) is 10.0 Å². The Bertz CT molecular complexity index is 750. The maximum atomic E-state index is 13.9. The van der Waals surface area contributed by atoms with Crippen molar-refractivity contribution in [2.75, 3.05) is 7.11 Å². The lowest BCUT2D eigenvalue weighted by Crippen LogP contribution is -1.91. The van der Waals surface area contributed by atoms with Crippen molar-refractivity contribution in [2.24, 2.45) is 0 Å². The van der Waals surface area contributed by atoms with E-state index in [0.29, 0.717) is 16.3 Å². The molecule has 0 bridgehead atoms. The van der Waals surface area contributed by atoms with E-state index in [9.17, 15) is 9.65 Å². The van der Waals surface area contributed by atoms with Gasteiger partial charge in [-0.05, 0) is 42.5 Å². The van der Waals surface area contributed by atoms with Crippen LogP contribution in [0.5, 0.6) is 5.75 Å². The Hall–Kier alpha value is -2.02. The summed E-state index contributed by atoms with van der Waals surface area (Å²) in [6.07, 6.45) is 1.52. The summed E-state index contributed by atoms with van der Waals surface area (Å²) in [5, 5.41) is 10.0. The van der Waals surface area contributed by atoms with E-state index in [1.807, 2.05) is 6.07 Å². The Morgan fingerprint density at radius 1 is 1.19 bits per heavy atom. The molecule has 2 nitrogen and oxygen atoms in total. The second kappa shape index (κ2) is 6.62. The Balaban J connectivity index is 2.56. The number of benzene rings is 2. The molecule has 0 N–H and O–H groups in total. The molecule has 0 saturated heterocycles. The van der Waals surface area contributed by atoms with Crippen LogP contribution < -0.4 is 4.74 Å². The predicted octanol–water partition coefficient (Wildman–Crippen LogP) is 5.21. The Kier molecular flexibility index (Phi) is 4.85. The van der Waals surface area contributed by atoms with E-state index in [2.05, 4.69) is 0 Å². The molecule has 0 atom stereocenters. The minimum Gasteiger partial charge on any atom is -0.496 e. The van der Waals surface area contributed by atoms with E-state index in [-0.39, 0.29) is 16.2 Å². The number of nitriles is 1. The number of methoxy groups -OCH3 is 1. The summed E-state index contributed by atoms with van der Waals surface area (Å²) in [5.41, 5.74) is 0.921. The van der Waals surface area contributed by atoms with Crippen LogP contribution in [0, 0.1) is 17.1 Å². The maximum absolute atomic E-state index is 13.9. The fraction of sp³-hybridized carbons (Fsp3) is 0.0625. The van der Waals surface area contributed by atoms with Gasteiger partial charge in [0.05, 0.1) is 18.8 Å². The van der Waals surface area contributed by atoms with Gasteiger partial charge in [0.2, 0.25) is 0 Å². The highest BCUT2D eigenvalue weighted by Gasteiger charge is 2.10. The summed E-state index contributed by atoms with van der Waals surface area (Å²) in [5.74, 6) is -0.0159. The van der Waals surface area contributed by atoms with Crippen LogP contribution in [-0.4, -0.2) is 7.11 Å². The molecule has 0 fully saturated rings. The zero-order valence-electron chi connectivity index (χ0n) is 11.0. The number of hydrogen-bond donors (Lipinski definition) is 0. The molecule has 0 aliphatic heterocycles. The van der Waals surface area contributed by atoms with Crippen molar-refractivity contribution in [3.63, 3.8) is 0 Å². The average Bonchev–Trinajstić information content (AvgIpc) is 2.45. The molecule has 0 spiro atoms.